The van der Waals surface area contributed by atoms with Crippen molar-refractivity contribution in [3.05, 3.63) is 81.7 Å². The van der Waals surface area contributed by atoms with Crippen LogP contribution in [-0.2, 0) is 19.6 Å². The predicted octanol–water partition coefficient (Wildman–Crippen LogP) is 4.47. The maximum atomic E-state index is 12.0. The van der Waals surface area contributed by atoms with E-state index >= 15 is 0 Å². The lowest BCUT2D eigenvalue weighted by atomic mass is 10.1. The first kappa shape index (κ1) is 22.4. The fourth-order valence-corrected chi connectivity index (χ4v) is 3.88. The van der Waals surface area contributed by atoms with Gasteiger partial charge in [0.05, 0.1) is 19.8 Å². The Morgan fingerprint density at radius 2 is 1.55 bits per heavy atom. The lowest BCUT2D eigenvalue weighted by Gasteiger charge is -2.12. The summed E-state index contributed by atoms with van der Waals surface area (Å²) in [4.78, 5) is 12.0. The van der Waals surface area contributed by atoms with Crippen molar-refractivity contribution in [3.63, 3.8) is 0 Å². The number of carboxylic acid groups (broad SMARTS) is 1. The summed E-state index contributed by atoms with van der Waals surface area (Å²) in [5, 5.41) is 13.2. The van der Waals surface area contributed by atoms with Crippen molar-refractivity contribution < 1.29 is 19.4 Å². The van der Waals surface area contributed by atoms with Crippen molar-refractivity contribution in [2.24, 2.45) is 0 Å². The quantitative estimate of drug-likeness (QED) is 0.532. The van der Waals surface area contributed by atoms with E-state index in [2.05, 4.69) is 41.1 Å². The number of rotatable bonds is 9. The van der Waals surface area contributed by atoms with Gasteiger partial charge in [-0.25, -0.2) is 4.79 Å². The molecule has 0 saturated heterocycles. The summed E-state index contributed by atoms with van der Waals surface area (Å²) >= 11 is 0. The molecule has 31 heavy (non-hydrogen) atoms. The molecule has 3 aromatic rings. The minimum absolute atomic E-state index is 0.379. The Kier molecular flexibility index (Phi) is 7.02. The molecule has 6 nitrogen and oxygen atoms in total. The fraction of sp³-hybridized carbons (Fsp3) is 0.320. The molecular formula is C25H30N2O4. The van der Waals surface area contributed by atoms with Crippen LogP contribution in [0, 0.1) is 20.8 Å². The van der Waals surface area contributed by atoms with Crippen molar-refractivity contribution >= 4 is 5.97 Å². The summed E-state index contributed by atoms with van der Waals surface area (Å²) in [7, 11) is 3.21. The van der Waals surface area contributed by atoms with Gasteiger partial charge in [-0.2, -0.15) is 0 Å². The highest BCUT2D eigenvalue weighted by Gasteiger charge is 2.22. The molecule has 6 heteroatoms. The van der Waals surface area contributed by atoms with E-state index in [0.29, 0.717) is 36.7 Å². The second kappa shape index (κ2) is 9.71. The number of carboxylic acids is 1. The molecule has 0 aliphatic carbocycles. The maximum Gasteiger partial charge on any atom is 0.337 e. The van der Waals surface area contributed by atoms with Gasteiger partial charge in [-0.05, 0) is 44.0 Å². The first-order chi connectivity index (χ1) is 14.8. The minimum atomic E-state index is -0.897. The van der Waals surface area contributed by atoms with E-state index in [9.17, 15) is 9.90 Å². The normalized spacial score (nSPS) is 10.9. The van der Waals surface area contributed by atoms with E-state index in [-0.39, 0.29) is 0 Å². The molecule has 1 heterocycles. The number of nitrogens with zero attached hydrogens (tertiary/aromatic N) is 1. The third kappa shape index (κ3) is 4.91. The second-order valence-electron chi connectivity index (χ2n) is 7.69. The SMILES string of the molecule is COc1ccc(CNCc2c(C(=O)O)c(C)n(Cc3ccc(C)cc3)c2C)cc1OC. The third-order valence-electron chi connectivity index (χ3n) is 5.66. The van der Waals surface area contributed by atoms with Crippen molar-refractivity contribution in [1.82, 2.24) is 9.88 Å². The summed E-state index contributed by atoms with van der Waals surface area (Å²) in [5.41, 5.74) is 6.32. The minimum Gasteiger partial charge on any atom is -0.493 e. The van der Waals surface area contributed by atoms with Crippen molar-refractivity contribution in [1.29, 1.82) is 0 Å². The van der Waals surface area contributed by atoms with Gasteiger partial charge >= 0.3 is 5.97 Å². The molecule has 164 valence electrons. The van der Waals surface area contributed by atoms with Gasteiger partial charge in [-0.1, -0.05) is 35.9 Å². The Labute approximate surface area is 183 Å². The van der Waals surface area contributed by atoms with E-state index in [0.717, 1.165) is 28.1 Å². The number of benzene rings is 2. The van der Waals surface area contributed by atoms with Crippen LogP contribution in [-0.4, -0.2) is 29.9 Å². The molecule has 2 N–H and O–H groups in total. The van der Waals surface area contributed by atoms with Crippen molar-refractivity contribution in [3.8, 4) is 11.5 Å². The van der Waals surface area contributed by atoms with Gasteiger partial charge in [0.25, 0.3) is 0 Å². The zero-order chi connectivity index (χ0) is 22.5. The highest BCUT2D eigenvalue weighted by molar-refractivity contribution is 5.91. The van der Waals surface area contributed by atoms with Crippen molar-refractivity contribution in [2.75, 3.05) is 14.2 Å². The van der Waals surface area contributed by atoms with Gasteiger partial charge < -0.3 is 24.5 Å². The van der Waals surface area contributed by atoms with Gasteiger partial charge in [0, 0.05) is 36.6 Å². The number of carbonyl (C=O) groups is 1. The highest BCUT2D eigenvalue weighted by atomic mass is 16.5. The van der Waals surface area contributed by atoms with E-state index in [1.165, 1.54) is 5.56 Å². The van der Waals surface area contributed by atoms with Gasteiger partial charge in [0.1, 0.15) is 0 Å². The Bertz CT molecular complexity index is 1070. The average molecular weight is 423 g/mol. The lowest BCUT2D eigenvalue weighted by Crippen LogP contribution is -2.15. The van der Waals surface area contributed by atoms with Crippen LogP contribution in [0.5, 0.6) is 11.5 Å². The number of aromatic carboxylic acids is 1. The van der Waals surface area contributed by atoms with Crippen LogP contribution < -0.4 is 14.8 Å². The number of nitrogens with one attached hydrogen (secondary N) is 1. The first-order valence-corrected chi connectivity index (χ1v) is 10.2. The van der Waals surface area contributed by atoms with Crippen LogP contribution >= 0.6 is 0 Å². The van der Waals surface area contributed by atoms with Crippen molar-refractivity contribution in [2.45, 2.75) is 40.4 Å². The highest BCUT2D eigenvalue weighted by Crippen LogP contribution is 2.28. The molecule has 0 fully saturated rings. The van der Waals surface area contributed by atoms with Crippen LogP contribution in [0.3, 0.4) is 0 Å². The number of methoxy groups -OCH3 is 2. The summed E-state index contributed by atoms with van der Waals surface area (Å²) in [6.07, 6.45) is 0. The number of hydrogen-bond acceptors (Lipinski definition) is 4. The van der Waals surface area contributed by atoms with E-state index < -0.39 is 5.97 Å². The smallest absolute Gasteiger partial charge is 0.337 e. The largest absolute Gasteiger partial charge is 0.493 e. The fourth-order valence-electron chi connectivity index (χ4n) is 3.88. The molecule has 0 atom stereocenters. The molecule has 0 aliphatic rings. The lowest BCUT2D eigenvalue weighted by molar-refractivity contribution is 0.0694. The first-order valence-electron chi connectivity index (χ1n) is 10.2. The number of ether oxygens (including phenoxy) is 2. The van der Waals surface area contributed by atoms with Crippen LogP contribution in [0.25, 0.3) is 0 Å². The number of aromatic nitrogens is 1. The molecule has 0 unspecified atom stereocenters. The molecule has 0 aliphatic heterocycles. The zero-order valence-electron chi connectivity index (χ0n) is 18.8. The van der Waals surface area contributed by atoms with E-state index in [1.54, 1.807) is 14.2 Å². The third-order valence-corrected chi connectivity index (χ3v) is 5.66. The van der Waals surface area contributed by atoms with Gasteiger partial charge in [0.2, 0.25) is 0 Å². The molecule has 0 spiro atoms. The molecule has 1 aromatic heterocycles. The second-order valence-corrected chi connectivity index (χ2v) is 7.69. The monoisotopic (exact) mass is 422 g/mol. The Morgan fingerprint density at radius 3 is 2.16 bits per heavy atom. The molecule has 3 rings (SSSR count). The Balaban J connectivity index is 1.80. The summed E-state index contributed by atoms with van der Waals surface area (Å²) in [6.45, 7) is 7.61. The molecule has 2 aromatic carbocycles. The summed E-state index contributed by atoms with van der Waals surface area (Å²) in [6, 6.07) is 14.1. The predicted molar refractivity (Wildman–Crippen MR) is 121 cm³/mol. The van der Waals surface area contributed by atoms with E-state index in [1.807, 2.05) is 32.0 Å². The summed E-state index contributed by atoms with van der Waals surface area (Å²) < 4.78 is 12.7. The van der Waals surface area contributed by atoms with Crippen LogP contribution in [0.15, 0.2) is 42.5 Å². The molecule has 0 amide bonds. The standard InChI is InChI=1S/C25H30N2O4/c1-16-6-8-19(9-7-16)15-27-17(2)21(24(18(27)3)25(28)29)14-26-13-20-10-11-22(30-4)23(12-20)31-5/h6-12,26H,13-15H2,1-5H3,(H,28,29). The van der Waals surface area contributed by atoms with Gasteiger partial charge in [-0.15, -0.1) is 0 Å². The Morgan fingerprint density at radius 1 is 0.903 bits per heavy atom. The van der Waals surface area contributed by atoms with Gasteiger partial charge in [0.15, 0.2) is 11.5 Å². The maximum absolute atomic E-state index is 12.0. The molecule has 0 saturated carbocycles. The zero-order valence-corrected chi connectivity index (χ0v) is 18.8. The topological polar surface area (TPSA) is 72.7 Å². The molecular weight excluding hydrogens is 392 g/mol. The number of hydrogen-bond donors (Lipinski definition) is 2. The summed E-state index contributed by atoms with van der Waals surface area (Å²) in [5.74, 6) is 0.453. The van der Waals surface area contributed by atoms with Crippen LogP contribution in [0.4, 0.5) is 0 Å². The Hall–Kier alpha value is -3.25. The molecule has 0 bridgehead atoms. The molecule has 0 radical (unpaired) electrons. The van der Waals surface area contributed by atoms with Crippen LogP contribution in [0.1, 0.15) is 44.0 Å². The van der Waals surface area contributed by atoms with Gasteiger partial charge in [-0.3, -0.25) is 0 Å². The van der Waals surface area contributed by atoms with Crippen LogP contribution in [0.2, 0.25) is 0 Å². The van der Waals surface area contributed by atoms with E-state index in [4.69, 9.17) is 9.47 Å². The average Bonchev–Trinajstić information content (AvgIpc) is 2.99. The number of aryl methyl sites for hydroxylation is 1.